The van der Waals surface area contributed by atoms with Crippen molar-refractivity contribution in [2.75, 3.05) is 18.9 Å². The van der Waals surface area contributed by atoms with Crippen LogP contribution in [0.25, 0.3) is 0 Å². The van der Waals surface area contributed by atoms with Gasteiger partial charge in [0.15, 0.2) is 0 Å². The van der Waals surface area contributed by atoms with Crippen LogP contribution in [0.3, 0.4) is 0 Å². The van der Waals surface area contributed by atoms with Crippen molar-refractivity contribution >= 4 is 15.7 Å². The summed E-state index contributed by atoms with van der Waals surface area (Å²) in [6, 6.07) is 11.4. The Morgan fingerprint density at radius 1 is 1.19 bits per heavy atom. The normalized spacial score (nSPS) is 12.9. The smallest absolute Gasteiger partial charge is 0.244 e. The van der Waals surface area contributed by atoms with Crippen LogP contribution in [-0.4, -0.2) is 27.0 Å². The van der Waals surface area contributed by atoms with Gasteiger partial charge in [0, 0.05) is 26.0 Å². The standard InChI is InChI=1S/C15H19N3O2S/c1-12(13-6-4-3-5-7-13)10-18-21(19,20)15-11-17-9-8-14(15)16-2/h3-9,11-12,18H,10H2,1-2H3,(H,16,17). The van der Waals surface area contributed by atoms with Crippen molar-refractivity contribution in [3.63, 3.8) is 0 Å². The van der Waals surface area contributed by atoms with Crippen LogP contribution >= 0.6 is 0 Å². The second kappa shape index (κ2) is 6.69. The zero-order valence-electron chi connectivity index (χ0n) is 12.1. The third-order valence-corrected chi connectivity index (χ3v) is 4.74. The Morgan fingerprint density at radius 2 is 1.90 bits per heavy atom. The highest BCUT2D eigenvalue weighted by molar-refractivity contribution is 7.89. The third-order valence-electron chi connectivity index (χ3n) is 3.29. The summed E-state index contributed by atoms with van der Waals surface area (Å²) in [5.41, 5.74) is 1.63. The van der Waals surface area contributed by atoms with Gasteiger partial charge >= 0.3 is 0 Å². The molecule has 0 bridgehead atoms. The molecular formula is C15H19N3O2S. The van der Waals surface area contributed by atoms with E-state index in [0.717, 1.165) is 5.56 Å². The molecule has 2 rings (SSSR count). The van der Waals surface area contributed by atoms with Gasteiger partial charge in [0.25, 0.3) is 0 Å². The lowest BCUT2D eigenvalue weighted by Crippen LogP contribution is -2.28. The van der Waals surface area contributed by atoms with Gasteiger partial charge in [0.1, 0.15) is 4.90 Å². The quantitative estimate of drug-likeness (QED) is 0.858. The lowest BCUT2D eigenvalue weighted by atomic mass is 10.0. The van der Waals surface area contributed by atoms with Crippen molar-refractivity contribution in [1.29, 1.82) is 0 Å². The fourth-order valence-electron chi connectivity index (χ4n) is 2.01. The van der Waals surface area contributed by atoms with Gasteiger partial charge in [-0.1, -0.05) is 37.3 Å². The van der Waals surface area contributed by atoms with Crippen molar-refractivity contribution in [3.8, 4) is 0 Å². The predicted molar refractivity (Wildman–Crippen MR) is 83.8 cm³/mol. The van der Waals surface area contributed by atoms with E-state index in [-0.39, 0.29) is 10.8 Å². The lowest BCUT2D eigenvalue weighted by molar-refractivity contribution is 0.575. The molecule has 0 saturated heterocycles. The summed E-state index contributed by atoms with van der Waals surface area (Å²) >= 11 is 0. The molecule has 2 aromatic rings. The number of nitrogens with one attached hydrogen (secondary N) is 2. The number of anilines is 1. The van der Waals surface area contributed by atoms with Crippen LogP contribution in [-0.2, 0) is 10.0 Å². The number of hydrogen-bond acceptors (Lipinski definition) is 4. The van der Waals surface area contributed by atoms with E-state index < -0.39 is 10.0 Å². The minimum absolute atomic E-state index is 0.0932. The van der Waals surface area contributed by atoms with Gasteiger partial charge in [0.2, 0.25) is 10.0 Å². The first-order valence-corrected chi connectivity index (χ1v) is 8.19. The van der Waals surface area contributed by atoms with Crippen LogP contribution in [0.2, 0.25) is 0 Å². The maximum Gasteiger partial charge on any atom is 0.244 e. The molecule has 0 saturated carbocycles. The van der Waals surface area contributed by atoms with Gasteiger partial charge in [-0.05, 0) is 17.5 Å². The number of hydrogen-bond donors (Lipinski definition) is 2. The van der Waals surface area contributed by atoms with E-state index in [4.69, 9.17) is 0 Å². The maximum atomic E-state index is 12.4. The average Bonchev–Trinajstić information content (AvgIpc) is 2.53. The zero-order valence-corrected chi connectivity index (χ0v) is 12.9. The molecular weight excluding hydrogens is 286 g/mol. The van der Waals surface area contributed by atoms with Gasteiger partial charge in [0.05, 0.1) is 5.69 Å². The number of pyridine rings is 1. The molecule has 1 unspecified atom stereocenters. The topological polar surface area (TPSA) is 71.1 Å². The Labute approximate surface area is 125 Å². The molecule has 112 valence electrons. The molecule has 1 heterocycles. The summed E-state index contributed by atoms with van der Waals surface area (Å²) in [5, 5.41) is 2.86. The number of rotatable bonds is 6. The second-order valence-corrected chi connectivity index (χ2v) is 6.52. The molecule has 0 aliphatic heterocycles. The summed E-state index contributed by atoms with van der Waals surface area (Å²) in [5.74, 6) is 0.0932. The average molecular weight is 305 g/mol. The van der Waals surface area contributed by atoms with Crippen LogP contribution in [0.15, 0.2) is 53.7 Å². The van der Waals surface area contributed by atoms with Crippen LogP contribution in [0.5, 0.6) is 0 Å². The fourth-order valence-corrected chi connectivity index (χ4v) is 3.30. The highest BCUT2D eigenvalue weighted by Gasteiger charge is 2.19. The van der Waals surface area contributed by atoms with E-state index in [1.165, 1.54) is 6.20 Å². The SMILES string of the molecule is CNc1ccncc1S(=O)(=O)NCC(C)c1ccccc1. The van der Waals surface area contributed by atoms with E-state index in [9.17, 15) is 8.42 Å². The van der Waals surface area contributed by atoms with Crippen LogP contribution in [0.4, 0.5) is 5.69 Å². The molecule has 0 amide bonds. The summed E-state index contributed by atoms with van der Waals surface area (Å²) in [6.45, 7) is 2.32. The van der Waals surface area contributed by atoms with Crippen LogP contribution in [0, 0.1) is 0 Å². The van der Waals surface area contributed by atoms with Crippen molar-refractivity contribution in [2.24, 2.45) is 0 Å². The van der Waals surface area contributed by atoms with E-state index in [1.807, 2.05) is 37.3 Å². The second-order valence-electron chi connectivity index (χ2n) is 4.79. The number of aromatic nitrogens is 1. The first-order valence-electron chi connectivity index (χ1n) is 6.71. The Morgan fingerprint density at radius 3 is 2.57 bits per heavy atom. The molecule has 21 heavy (non-hydrogen) atoms. The summed E-state index contributed by atoms with van der Waals surface area (Å²) in [6.07, 6.45) is 2.90. The molecule has 5 nitrogen and oxygen atoms in total. The van der Waals surface area contributed by atoms with Gasteiger partial charge in [-0.3, -0.25) is 4.98 Å². The van der Waals surface area contributed by atoms with Crippen LogP contribution in [0.1, 0.15) is 18.4 Å². The Balaban J connectivity index is 2.12. The molecule has 0 spiro atoms. The fraction of sp³-hybridized carbons (Fsp3) is 0.267. The molecule has 0 fully saturated rings. The Bertz CT molecular complexity index is 687. The van der Waals surface area contributed by atoms with E-state index in [2.05, 4.69) is 15.0 Å². The summed E-state index contributed by atoms with van der Waals surface area (Å²) < 4.78 is 27.4. The molecule has 1 aromatic heterocycles. The molecule has 0 aliphatic carbocycles. The molecule has 6 heteroatoms. The van der Waals surface area contributed by atoms with E-state index in [0.29, 0.717) is 12.2 Å². The molecule has 0 radical (unpaired) electrons. The largest absolute Gasteiger partial charge is 0.387 e. The van der Waals surface area contributed by atoms with E-state index in [1.54, 1.807) is 19.3 Å². The summed E-state index contributed by atoms with van der Waals surface area (Å²) in [4.78, 5) is 4.05. The zero-order chi connectivity index (χ0) is 15.3. The van der Waals surface area contributed by atoms with Gasteiger partial charge in [-0.15, -0.1) is 0 Å². The van der Waals surface area contributed by atoms with E-state index >= 15 is 0 Å². The van der Waals surface area contributed by atoms with Crippen LogP contribution < -0.4 is 10.0 Å². The summed E-state index contributed by atoms with van der Waals surface area (Å²) in [7, 11) is -1.90. The lowest BCUT2D eigenvalue weighted by Gasteiger charge is -2.14. The minimum Gasteiger partial charge on any atom is -0.387 e. The number of nitrogens with zero attached hydrogens (tertiary/aromatic N) is 1. The van der Waals surface area contributed by atoms with Gasteiger partial charge in [-0.2, -0.15) is 0 Å². The highest BCUT2D eigenvalue weighted by Crippen LogP contribution is 2.20. The number of sulfonamides is 1. The highest BCUT2D eigenvalue weighted by atomic mass is 32.2. The maximum absolute atomic E-state index is 12.4. The van der Waals surface area contributed by atoms with Crippen molar-refractivity contribution < 1.29 is 8.42 Å². The molecule has 1 atom stereocenters. The first kappa shape index (κ1) is 15.5. The van der Waals surface area contributed by atoms with Crippen molar-refractivity contribution in [2.45, 2.75) is 17.7 Å². The Kier molecular flexibility index (Phi) is 4.93. The number of benzene rings is 1. The molecule has 1 aromatic carbocycles. The molecule has 2 N–H and O–H groups in total. The monoisotopic (exact) mass is 305 g/mol. The third kappa shape index (κ3) is 3.80. The first-order chi connectivity index (χ1) is 10.0. The van der Waals surface area contributed by atoms with Gasteiger partial charge in [-0.25, -0.2) is 13.1 Å². The van der Waals surface area contributed by atoms with Gasteiger partial charge < -0.3 is 5.32 Å². The Hall–Kier alpha value is -1.92. The van der Waals surface area contributed by atoms with Crippen molar-refractivity contribution in [3.05, 3.63) is 54.4 Å². The minimum atomic E-state index is -3.58. The van der Waals surface area contributed by atoms with Crippen molar-refractivity contribution in [1.82, 2.24) is 9.71 Å². The predicted octanol–water partition coefficient (Wildman–Crippen LogP) is 2.21. The molecule has 0 aliphatic rings.